The lowest BCUT2D eigenvalue weighted by atomic mass is 10.1. The number of rotatable bonds is 4. The maximum atomic E-state index is 12.0. The number of hydrogen-bond acceptors (Lipinski definition) is 5. The Bertz CT molecular complexity index is 594. The zero-order valence-corrected chi connectivity index (χ0v) is 10.8. The van der Waals surface area contributed by atoms with Crippen LogP contribution in [0.3, 0.4) is 0 Å². The average molecular weight is 261 g/mol. The van der Waals surface area contributed by atoms with Crippen molar-refractivity contribution in [3.63, 3.8) is 0 Å². The van der Waals surface area contributed by atoms with Gasteiger partial charge in [-0.2, -0.15) is 5.10 Å². The molecule has 0 aliphatic carbocycles. The lowest BCUT2D eigenvalue weighted by molar-refractivity contribution is 0.0949. The van der Waals surface area contributed by atoms with Crippen LogP contribution in [0.1, 0.15) is 16.2 Å². The van der Waals surface area contributed by atoms with Crippen LogP contribution in [-0.4, -0.2) is 27.8 Å². The molecule has 3 N–H and O–H groups in total. The number of anilines is 1. The van der Waals surface area contributed by atoms with E-state index in [4.69, 9.17) is 10.5 Å². The van der Waals surface area contributed by atoms with Gasteiger partial charge in [0.25, 0.3) is 5.91 Å². The summed E-state index contributed by atoms with van der Waals surface area (Å²) in [7, 11) is 3.29. The Labute approximate surface area is 110 Å². The highest BCUT2D eigenvalue weighted by molar-refractivity contribution is 5.95. The standard InChI is InChI=1S/C12H15N5O2/c1-17-7-15-11(16-17)6-14-12(18)8-3-9(13)5-10(4-8)19-2/h3-5,7H,6,13H2,1-2H3,(H,14,18). The molecule has 1 amide bonds. The molecule has 0 atom stereocenters. The van der Waals surface area contributed by atoms with Gasteiger partial charge in [0, 0.05) is 24.4 Å². The molecule has 0 aliphatic rings. The Morgan fingerprint density at radius 3 is 2.89 bits per heavy atom. The van der Waals surface area contributed by atoms with Gasteiger partial charge >= 0.3 is 0 Å². The number of benzene rings is 1. The number of nitrogens with zero attached hydrogens (tertiary/aromatic N) is 3. The summed E-state index contributed by atoms with van der Waals surface area (Å²) in [6.07, 6.45) is 1.57. The Hall–Kier alpha value is -2.57. The highest BCUT2D eigenvalue weighted by atomic mass is 16.5. The number of amides is 1. The van der Waals surface area contributed by atoms with Gasteiger partial charge in [-0.05, 0) is 12.1 Å². The maximum absolute atomic E-state index is 12.0. The largest absolute Gasteiger partial charge is 0.497 e. The van der Waals surface area contributed by atoms with E-state index in [1.54, 1.807) is 36.3 Å². The highest BCUT2D eigenvalue weighted by Crippen LogP contribution is 2.18. The summed E-state index contributed by atoms with van der Waals surface area (Å²) in [6.45, 7) is 0.261. The van der Waals surface area contributed by atoms with Crippen molar-refractivity contribution in [2.45, 2.75) is 6.54 Å². The number of methoxy groups -OCH3 is 1. The van der Waals surface area contributed by atoms with E-state index in [1.807, 2.05) is 0 Å². The second-order valence-corrected chi connectivity index (χ2v) is 4.01. The summed E-state index contributed by atoms with van der Waals surface area (Å²) in [5.41, 5.74) is 6.61. The van der Waals surface area contributed by atoms with E-state index in [9.17, 15) is 4.79 Å². The van der Waals surface area contributed by atoms with Crippen LogP contribution in [0.15, 0.2) is 24.5 Å². The van der Waals surface area contributed by atoms with Gasteiger partial charge in [-0.15, -0.1) is 0 Å². The monoisotopic (exact) mass is 261 g/mol. The van der Waals surface area contributed by atoms with Gasteiger partial charge in [-0.1, -0.05) is 0 Å². The van der Waals surface area contributed by atoms with E-state index >= 15 is 0 Å². The van der Waals surface area contributed by atoms with Crippen LogP contribution in [0, 0.1) is 0 Å². The molecule has 1 heterocycles. The third-order valence-electron chi connectivity index (χ3n) is 2.48. The molecule has 0 bridgehead atoms. The molecule has 2 rings (SSSR count). The summed E-state index contributed by atoms with van der Waals surface area (Å²) in [5.74, 6) is 0.839. The molecule has 1 aromatic carbocycles. The number of nitrogen functional groups attached to an aromatic ring is 1. The van der Waals surface area contributed by atoms with Crippen LogP contribution >= 0.6 is 0 Å². The van der Waals surface area contributed by atoms with Gasteiger partial charge in [0.1, 0.15) is 12.1 Å². The molecule has 0 aliphatic heterocycles. The predicted molar refractivity (Wildman–Crippen MR) is 69.6 cm³/mol. The van der Waals surface area contributed by atoms with Crippen molar-refractivity contribution in [1.29, 1.82) is 0 Å². The molecule has 2 aromatic rings. The summed E-state index contributed by atoms with van der Waals surface area (Å²) in [6, 6.07) is 4.86. The first kappa shape index (κ1) is 12.9. The summed E-state index contributed by atoms with van der Waals surface area (Å²) >= 11 is 0. The molecule has 100 valence electrons. The minimum atomic E-state index is -0.252. The van der Waals surface area contributed by atoms with Crippen molar-refractivity contribution in [3.05, 3.63) is 35.9 Å². The molecule has 19 heavy (non-hydrogen) atoms. The third-order valence-corrected chi connectivity index (χ3v) is 2.48. The van der Waals surface area contributed by atoms with Crippen molar-refractivity contribution >= 4 is 11.6 Å². The average Bonchev–Trinajstić information content (AvgIpc) is 2.81. The first-order valence-corrected chi connectivity index (χ1v) is 5.66. The van der Waals surface area contributed by atoms with Gasteiger partial charge in [0.05, 0.1) is 13.7 Å². The summed E-state index contributed by atoms with van der Waals surface area (Å²) in [4.78, 5) is 16.0. The SMILES string of the molecule is COc1cc(N)cc(C(=O)NCc2ncn(C)n2)c1. The van der Waals surface area contributed by atoms with E-state index in [2.05, 4.69) is 15.4 Å². The molecule has 0 radical (unpaired) electrons. The minimum absolute atomic E-state index is 0.252. The van der Waals surface area contributed by atoms with Crippen LogP contribution in [0.25, 0.3) is 0 Å². The van der Waals surface area contributed by atoms with Gasteiger partial charge in [-0.3, -0.25) is 9.48 Å². The number of aromatic nitrogens is 3. The number of ether oxygens (including phenoxy) is 1. The van der Waals surface area contributed by atoms with Gasteiger partial charge in [-0.25, -0.2) is 4.98 Å². The highest BCUT2D eigenvalue weighted by Gasteiger charge is 2.09. The number of carbonyl (C=O) groups is 1. The maximum Gasteiger partial charge on any atom is 0.251 e. The Morgan fingerprint density at radius 2 is 2.26 bits per heavy atom. The predicted octanol–water partition coefficient (Wildman–Crippen LogP) is 0.336. The zero-order valence-electron chi connectivity index (χ0n) is 10.8. The van der Waals surface area contributed by atoms with Crippen LogP contribution in [0.5, 0.6) is 5.75 Å². The molecule has 0 saturated carbocycles. The molecule has 1 aromatic heterocycles. The molecule has 0 saturated heterocycles. The number of carbonyl (C=O) groups excluding carboxylic acids is 1. The minimum Gasteiger partial charge on any atom is -0.497 e. The molecule has 7 nitrogen and oxygen atoms in total. The van der Waals surface area contributed by atoms with Crippen molar-refractivity contribution in [2.24, 2.45) is 7.05 Å². The van der Waals surface area contributed by atoms with Crippen LogP contribution < -0.4 is 15.8 Å². The Kier molecular flexibility index (Phi) is 3.65. The fourth-order valence-electron chi connectivity index (χ4n) is 1.60. The van der Waals surface area contributed by atoms with Gasteiger partial charge in [0.15, 0.2) is 5.82 Å². The zero-order chi connectivity index (χ0) is 13.8. The van der Waals surface area contributed by atoms with Gasteiger partial charge < -0.3 is 15.8 Å². The quantitative estimate of drug-likeness (QED) is 0.774. The van der Waals surface area contributed by atoms with Crippen molar-refractivity contribution in [1.82, 2.24) is 20.1 Å². The van der Waals surface area contributed by atoms with Crippen molar-refractivity contribution in [3.8, 4) is 5.75 Å². The fourth-order valence-corrected chi connectivity index (χ4v) is 1.60. The molecule has 7 heteroatoms. The van der Waals surface area contributed by atoms with E-state index < -0.39 is 0 Å². The lowest BCUT2D eigenvalue weighted by Crippen LogP contribution is -2.23. The van der Waals surface area contributed by atoms with Crippen LogP contribution in [-0.2, 0) is 13.6 Å². The Morgan fingerprint density at radius 1 is 1.47 bits per heavy atom. The van der Waals surface area contributed by atoms with Gasteiger partial charge in [0.2, 0.25) is 0 Å². The van der Waals surface area contributed by atoms with E-state index in [0.717, 1.165) is 0 Å². The second kappa shape index (κ2) is 5.38. The molecule has 0 fully saturated rings. The van der Waals surface area contributed by atoms with Crippen molar-refractivity contribution < 1.29 is 9.53 Å². The number of hydrogen-bond donors (Lipinski definition) is 2. The summed E-state index contributed by atoms with van der Waals surface area (Å²) in [5, 5.41) is 6.79. The van der Waals surface area contributed by atoms with Crippen LogP contribution in [0.4, 0.5) is 5.69 Å². The fraction of sp³-hybridized carbons (Fsp3) is 0.250. The topological polar surface area (TPSA) is 95.1 Å². The second-order valence-electron chi connectivity index (χ2n) is 4.01. The number of nitrogens with two attached hydrogens (primary N) is 1. The Balaban J connectivity index is 2.05. The molecular weight excluding hydrogens is 246 g/mol. The lowest BCUT2D eigenvalue weighted by Gasteiger charge is -2.06. The molecular formula is C12H15N5O2. The molecule has 0 spiro atoms. The smallest absolute Gasteiger partial charge is 0.251 e. The van der Waals surface area contributed by atoms with Crippen molar-refractivity contribution in [2.75, 3.05) is 12.8 Å². The number of aryl methyl sites for hydroxylation is 1. The first-order chi connectivity index (χ1) is 9.08. The molecule has 0 unspecified atom stereocenters. The third kappa shape index (κ3) is 3.21. The van der Waals surface area contributed by atoms with E-state index in [0.29, 0.717) is 22.8 Å². The van der Waals surface area contributed by atoms with Crippen LogP contribution in [0.2, 0.25) is 0 Å². The summed E-state index contributed by atoms with van der Waals surface area (Å²) < 4.78 is 6.64. The normalized spacial score (nSPS) is 10.2. The van der Waals surface area contributed by atoms with E-state index in [-0.39, 0.29) is 12.5 Å². The number of nitrogens with one attached hydrogen (secondary N) is 1. The first-order valence-electron chi connectivity index (χ1n) is 5.66. The van der Waals surface area contributed by atoms with E-state index in [1.165, 1.54) is 7.11 Å².